The predicted molar refractivity (Wildman–Crippen MR) is 92.1 cm³/mol. The number of carbonyl (C=O) groups excluding carboxylic acids is 1. The molecule has 0 atom stereocenters. The first-order valence-corrected chi connectivity index (χ1v) is 8.39. The Bertz CT molecular complexity index is 488. The fourth-order valence-corrected chi connectivity index (χ4v) is 2.59. The molecular weight excluding hydrogens is 292 g/mol. The van der Waals surface area contributed by atoms with Crippen LogP contribution >= 0.6 is 0 Å². The summed E-state index contributed by atoms with van der Waals surface area (Å²) in [5.41, 5.74) is 0.656. The molecule has 1 amide bonds. The van der Waals surface area contributed by atoms with Crippen LogP contribution in [0.3, 0.4) is 0 Å². The van der Waals surface area contributed by atoms with Crippen molar-refractivity contribution in [3.63, 3.8) is 0 Å². The van der Waals surface area contributed by atoms with E-state index in [1.807, 2.05) is 45.0 Å². The first kappa shape index (κ1) is 17.4. The van der Waals surface area contributed by atoms with Gasteiger partial charge < -0.3 is 20.1 Å². The van der Waals surface area contributed by atoms with Crippen LogP contribution in [0, 0.1) is 0 Å². The van der Waals surface area contributed by atoms with Crippen molar-refractivity contribution < 1.29 is 14.3 Å². The number of nitrogens with one attached hydrogen (secondary N) is 2. The van der Waals surface area contributed by atoms with E-state index in [2.05, 4.69) is 10.6 Å². The van der Waals surface area contributed by atoms with Crippen LogP contribution in [0.25, 0.3) is 0 Å². The highest BCUT2D eigenvalue weighted by Crippen LogP contribution is 2.23. The van der Waals surface area contributed by atoms with E-state index in [9.17, 15) is 4.79 Å². The van der Waals surface area contributed by atoms with Crippen molar-refractivity contribution >= 4 is 11.8 Å². The minimum Gasteiger partial charge on any atom is -0.492 e. The molecule has 5 heteroatoms. The molecular formula is C18H28N2O3. The molecule has 0 saturated heterocycles. The molecule has 1 saturated carbocycles. The van der Waals surface area contributed by atoms with Gasteiger partial charge in [0.2, 0.25) is 0 Å². The van der Waals surface area contributed by atoms with Gasteiger partial charge in [-0.3, -0.25) is 0 Å². The molecule has 1 aromatic carbocycles. The molecule has 23 heavy (non-hydrogen) atoms. The molecule has 5 nitrogen and oxygen atoms in total. The highest BCUT2D eigenvalue weighted by atomic mass is 16.6. The average molecular weight is 320 g/mol. The van der Waals surface area contributed by atoms with Gasteiger partial charge in [0.25, 0.3) is 0 Å². The molecule has 0 unspecified atom stereocenters. The van der Waals surface area contributed by atoms with Crippen molar-refractivity contribution in [3.8, 4) is 5.75 Å². The number of hydrogen-bond donors (Lipinski definition) is 2. The van der Waals surface area contributed by atoms with E-state index in [4.69, 9.17) is 9.47 Å². The minimum absolute atomic E-state index is 0.411. The van der Waals surface area contributed by atoms with Crippen molar-refractivity contribution in [2.45, 2.75) is 58.1 Å². The second kappa shape index (κ2) is 8.09. The third kappa shape index (κ3) is 6.80. The molecule has 0 radical (unpaired) electrons. The Morgan fingerprint density at radius 3 is 2.43 bits per heavy atom. The molecule has 0 heterocycles. The van der Waals surface area contributed by atoms with Crippen LogP contribution in [0.15, 0.2) is 24.3 Å². The van der Waals surface area contributed by atoms with E-state index in [-0.39, 0.29) is 0 Å². The van der Waals surface area contributed by atoms with Crippen LogP contribution in [0.4, 0.5) is 10.5 Å². The van der Waals surface area contributed by atoms with Crippen LogP contribution in [-0.2, 0) is 4.74 Å². The summed E-state index contributed by atoms with van der Waals surface area (Å²) in [6, 6.07) is 8.58. The van der Waals surface area contributed by atoms with Crippen LogP contribution in [0.1, 0.15) is 46.5 Å². The fourth-order valence-electron chi connectivity index (χ4n) is 2.59. The van der Waals surface area contributed by atoms with Crippen molar-refractivity contribution in [3.05, 3.63) is 24.3 Å². The Labute approximate surface area is 138 Å². The lowest BCUT2D eigenvalue weighted by Gasteiger charge is -2.19. The second-order valence-electron chi connectivity index (χ2n) is 6.93. The predicted octanol–water partition coefficient (Wildman–Crippen LogP) is 3.94. The number of rotatable bonds is 6. The summed E-state index contributed by atoms with van der Waals surface area (Å²) in [6.45, 7) is 6.34. The molecule has 0 aromatic heterocycles. The number of benzene rings is 1. The Hall–Kier alpha value is -1.91. The molecule has 0 spiro atoms. The van der Waals surface area contributed by atoms with Gasteiger partial charge in [0.05, 0.1) is 6.54 Å². The van der Waals surface area contributed by atoms with E-state index >= 15 is 0 Å². The summed E-state index contributed by atoms with van der Waals surface area (Å²) in [4.78, 5) is 11.5. The molecule has 1 aliphatic carbocycles. The quantitative estimate of drug-likeness (QED) is 0.779. The molecule has 1 aromatic rings. The van der Waals surface area contributed by atoms with E-state index in [1.165, 1.54) is 25.7 Å². The van der Waals surface area contributed by atoms with Gasteiger partial charge in [0.15, 0.2) is 0 Å². The molecule has 2 N–H and O–H groups in total. The Morgan fingerprint density at radius 2 is 1.83 bits per heavy atom. The molecule has 0 aliphatic heterocycles. The summed E-state index contributed by atoms with van der Waals surface area (Å²) < 4.78 is 10.8. The molecule has 1 fully saturated rings. The van der Waals surface area contributed by atoms with E-state index in [0.717, 1.165) is 11.4 Å². The zero-order chi connectivity index (χ0) is 16.7. The van der Waals surface area contributed by atoms with E-state index in [1.54, 1.807) is 0 Å². The number of hydrogen-bond acceptors (Lipinski definition) is 4. The van der Waals surface area contributed by atoms with Crippen LogP contribution < -0.4 is 15.4 Å². The average Bonchev–Trinajstić information content (AvgIpc) is 2.96. The smallest absolute Gasteiger partial charge is 0.407 e. The fraction of sp³-hybridized carbons (Fsp3) is 0.611. The van der Waals surface area contributed by atoms with Gasteiger partial charge in [0.1, 0.15) is 18.0 Å². The largest absolute Gasteiger partial charge is 0.492 e. The van der Waals surface area contributed by atoms with Crippen molar-refractivity contribution in [2.24, 2.45) is 0 Å². The molecule has 1 aliphatic rings. The van der Waals surface area contributed by atoms with Gasteiger partial charge in [-0.15, -0.1) is 0 Å². The van der Waals surface area contributed by atoms with Gasteiger partial charge in [0, 0.05) is 11.7 Å². The summed E-state index contributed by atoms with van der Waals surface area (Å²) in [5.74, 6) is 0.799. The maximum Gasteiger partial charge on any atom is 0.407 e. The van der Waals surface area contributed by atoms with Gasteiger partial charge in [-0.05, 0) is 57.9 Å². The van der Waals surface area contributed by atoms with Crippen LogP contribution in [0.5, 0.6) is 5.75 Å². The Kier molecular flexibility index (Phi) is 6.13. The normalized spacial score (nSPS) is 15.3. The Morgan fingerprint density at radius 1 is 1.17 bits per heavy atom. The lowest BCUT2D eigenvalue weighted by Crippen LogP contribution is -2.34. The number of carbonyl (C=O) groups is 1. The van der Waals surface area contributed by atoms with Gasteiger partial charge in [-0.2, -0.15) is 0 Å². The van der Waals surface area contributed by atoms with Crippen molar-refractivity contribution in [1.82, 2.24) is 5.32 Å². The number of anilines is 1. The van der Waals surface area contributed by atoms with E-state index < -0.39 is 11.7 Å². The SMILES string of the molecule is CC(C)(C)OC(=O)NCCOc1ccc(NC2CCCC2)cc1. The Balaban J connectivity index is 1.65. The van der Waals surface area contributed by atoms with E-state index in [0.29, 0.717) is 19.2 Å². The number of ether oxygens (including phenoxy) is 2. The first-order chi connectivity index (χ1) is 10.9. The van der Waals surface area contributed by atoms with Crippen LogP contribution in [-0.4, -0.2) is 30.9 Å². The summed E-state index contributed by atoms with van der Waals surface area (Å²) in [7, 11) is 0. The summed E-state index contributed by atoms with van der Waals surface area (Å²) in [6.07, 6.45) is 4.74. The second-order valence-corrected chi connectivity index (χ2v) is 6.93. The third-order valence-corrected chi connectivity index (χ3v) is 3.62. The maximum absolute atomic E-state index is 11.5. The van der Waals surface area contributed by atoms with Crippen molar-refractivity contribution in [1.29, 1.82) is 0 Å². The zero-order valence-electron chi connectivity index (χ0n) is 14.4. The van der Waals surface area contributed by atoms with Gasteiger partial charge in [-0.1, -0.05) is 12.8 Å². The summed E-state index contributed by atoms with van der Waals surface area (Å²) >= 11 is 0. The van der Waals surface area contributed by atoms with Gasteiger partial charge in [-0.25, -0.2) is 4.79 Å². The maximum atomic E-state index is 11.5. The molecule has 0 bridgehead atoms. The first-order valence-electron chi connectivity index (χ1n) is 8.39. The highest BCUT2D eigenvalue weighted by molar-refractivity contribution is 5.67. The van der Waals surface area contributed by atoms with Gasteiger partial charge >= 0.3 is 6.09 Å². The monoisotopic (exact) mass is 320 g/mol. The highest BCUT2D eigenvalue weighted by Gasteiger charge is 2.15. The minimum atomic E-state index is -0.479. The number of amides is 1. The van der Waals surface area contributed by atoms with Crippen LogP contribution in [0.2, 0.25) is 0 Å². The van der Waals surface area contributed by atoms with Crippen molar-refractivity contribution in [2.75, 3.05) is 18.5 Å². The lowest BCUT2D eigenvalue weighted by atomic mass is 10.2. The zero-order valence-corrected chi connectivity index (χ0v) is 14.4. The topological polar surface area (TPSA) is 59.6 Å². The standard InChI is InChI=1S/C18H28N2O3/c1-18(2,3)23-17(21)19-12-13-22-16-10-8-15(9-11-16)20-14-6-4-5-7-14/h8-11,14,20H,4-7,12-13H2,1-3H3,(H,19,21). The molecule has 128 valence electrons. The summed E-state index contributed by atoms with van der Waals surface area (Å²) in [5, 5.41) is 6.21. The number of alkyl carbamates (subject to hydrolysis) is 1. The lowest BCUT2D eigenvalue weighted by molar-refractivity contribution is 0.0520. The molecule has 2 rings (SSSR count). The third-order valence-electron chi connectivity index (χ3n) is 3.62.